The lowest BCUT2D eigenvalue weighted by molar-refractivity contribution is -0.121. The number of benzene rings is 2. The molecule has 1 heterocycles. The van der Waals surface area contributed by atoms with Crippen LogP contribution < -0.4 is 11.1 Å². The number of nitrogens with one attached hydrogen (secondary N) is 2. The van der Waals surface area contributed by atoms with E-state index >= 15 is 0 Å². The zero-order valence-corrected chi connectivity index (χ0v) is 13.8. The van der Waals surface area contributed by atoms with Gasteiger partial charge in [0.15, 0.2) is 11.4 Å². The van der Waals surface area contributed by atoms with E-state index in [0.29, 0.717) is 23.2 Å². The number of H-pyrrole nitrogens is 1. The number of ketones is 1. The Bertz CT molecular complexity index is 967. The maximum atomic E-state index is 12.2. The molecule has 128 valence electrons. The van der Waals surface area contributed by atoms with E-state index < -0.39 is 5.76 Å². The number of aryl methyl sites for hydroxylation is 1. The van der Waals surface area contributed by atoms with Crippen molar-refractivity contribution in [3.05, 3.63) is 69.7 Å². The van der Waals surface area contributed by atoms with Gasteiger partial charge < -0.3 is 9.73 Å². The smallest absolute Gasteiger partial charge is 0.408 e. The zero-order chi connectivity index (χ0) is 17.8. The number of aromatic nitrogens is 1. The molecule has 2 N–H and O–H groups in total. The van der Waals surface area contributed by atoms with Crippen molar-refractivity contribution in [2.24, 2.45) is 0 Å². The van der Waals surface area contributed by atoms with Crippen molar-refractivity contribution in [2.75, 3.05) is 0 Å². The number of oxazole rings is 1. The predicted octanol–water partition coefficient (Wildman–Crippen LogP) is 2.71. The van der Waals surface area contributed by atoms with Crippen LogP contribution in [-0.4, -0.2) is 16.7 Å². The van der Waals surface area contributed by atoms with Crippen molar-refractivity contribution in [1.82, 2.24) is 10.3 Å². The standard InChI is InChI=1S/C19H18N2O4/c1-12-2-4-13(5-3-12)11-20-18(23)9-8-16(22)14-6-7-15-17(10-14)25-19(24)21-15/h2-7,10H,8-9,11H2,1H3,(H,20,23)(H,21,24). The molecule has 0 saturated carbocycles. The monoisotopic (exact) mass is 338 g/mol. The Kier molecular flexibility index (Phi) is 4.79. The van der Waals surface area contributed by atoms with Crippen LogP contribution in [0.3, 0.4) is 0 Å². The van der Waals surface area contributed by atoms with Gasteiger partial charge in [-0.3, -0.25) is 14.6 Å². The van der Waals surface area contributed by atoms with Gasteiger partial charge in [0.1, 0.15) is 0 Å². The maximum Gasteiger partial charge on any atom is 0.417 e. The Morgan fingerprint density at radius 3 is 2.60 bits per heavy atom. The SMILES string of the molecule is Cc1ccc(CNC(=O)CCC(=O)c2ccc3[nH]c(=O)oc3c2)cc1. The first kappa shape index (κ1) is 16.7. The number of carbonyl (C=O) groups is 2. The van der Waals surface area contributed by atoms with Crippen LogP contribution in [0, 0.1) is 6.92 Å². The van der Waals surface area contributed by atoms with Gasteiger partial charge in [-0.05, 0) is 30.7 Å². The number of Topliss-reactive ketones (excluding diaryl/α,β-unsaturated/α-hetero) is 1. The summed E-state index contributed by atoms with van der Waals surface area (Å²) in [7, 11) is 0. The number of rotatable bonds is 6. The molecule has 25 heavy (non-hydrogen) atoms. The largest absolute Gasteiger partial charge is 0.417 e. The first-order valence-electron chi connectivity index (χ1n) is 7.99. The molecule has 3 aromatic rings. The first-order valence-corrected chi connectivity index (χ1v) is 7.99. The van der Waals surface area contributed by atoms with E-state index in [1.165, 1.54) is 6.07 Å². The summed E-state index contributed by atoms with van der Waals surface area (Å²) >= 11 is 0. The average molecular weight is 338 g/mol. The Balaban J connectivity index is 1.52. The van der Waals surface area contributed by atoms with E-state index in [0.717, 1.165) is 11.1 Å². The molecule has 0 radical (unpaired) electrons. The van der Waals surface area contributed by atoms with Crippen LogP contribution in [0.25, 0.3) is 11.1 Å². The molecule has 1 amide bonds. The molecule has 0 saturated heterocycles. The second-order valence-electron chi connectivity index (χ2n) is 5.91. The summed E-state index contributed by atoms with van der Waals surface area (Å²) in [5.41, 5.74) is 3.47. The molecule has 0 aliphatic carbocycles. The van der Waals surface area contributed by atoms with E-state index in [-0.39, 0.29) is 24.5 Å². The van der Waals surface area contributed by atoms with E-state index in [1.807, 2.05) is 31.2 Å². The molecule has 0 spiro atoms. The fraction of sp³-hybridized carbons (Fsp3) is 0.211. The van der Waals surface area contributed by atoms with Gasteiger partial charge >= 0.3 is 5.76 Å². The van der Waals surface area contributed by atoms with Gasteiger partial charge in [-0.2, -0.15) is 0 Å². The van der Waals surface area contributed by atoms with E-state index in [2.05, 4.69) is 10.3 Å². The van der Waals surface area contributed by atoms with Gasteiger partial charge in [0, 0.05) is 24.9 Å². The minimum absolute atomic E-state index is 0.0971. The van der Waals surface area contributed by atoms with E-state index in [9.17, 15) is 14.4 Å². The molecule has 2 aromatic carbocycles. The van der Waals surface area contributed by atoms with Crippen molar-refractivity contribution in [1.29, 1.82) is 0 Å². The lowest BCUT2D eigenvalue weighted by Crippen LogP contribution is -2.23. The lowest BCUT2D eigenvalue weighted by atomic mass is 10.1. The fourth-order valence-corrected chi connectivity index (χ4v) is 2.49. The number of fused-ring (bicyclic) bond motifs is 1. The third-order valence-electron chi connectivity index (χ3n) is 3.93. The van der Waals surface area contributed by atoms with Crippen molar-refractivity contribution in [3.8, 4) is 0 Å². The second-order valence-corrected chi connectivity index (χ2v) is 5.91. The molecule has 0 bridgehead atoms. The molecule has 0 aliphatic rings. The maximum absolute atomic E-state index is 12.2. The summed E-state index contributed by atoms with van der Waals surface area (Å²) in [6.45, 7) is 2.44. The van der Waals surface area contributed by atoms with Crippen LogP contribution in [0.15, 0.2) is 51.7 Å². The number of hydrogen-bond acceptors (Lipinski definition) is 4. The molecular formula is C19H18N2O4. The van der Waals surface area contributed by atoms with E-state index in [1.54, 1.807) is 12.1 Å². The summed E-state index contributed by atoms with van der Waals surface area (Å²) in [4.78, 5) is 37.8. The Morgan fingerprint density at radius 1 is 1.08 bits per heavy atom. The number of carbonyl (C=O) groups excluding carboxylic acids is 2. The molecule has 0 atom stereocenters. The van der Waals surface area contributed by atoms with Crippen molar-refractivity contribution in [2.45, 2.75) is 26.3 Å². The van der Waals surface area contributed by atoms with Crippen LogP contribution in [0.5, 0.6) is 0 Å². The third kappa shape index (κ3) is 4.23. The van der Waals surface area contributed by atoms with Gasteiger partial charge in [-0.15, -0.1) is 0 Å². The Hall–Kier alpha value is -3.15. The molecule has 0 fully saturated rings. The fourth-order valence-electron chi connectivity index (χ4n) is 2.49. The van der Waals surface area contributed by atoms with Crippen LogP contribution in [0.2, 0.25) is 0 Å². The number of hydrogen-bond donors (Lipinski definition) is 2. The summed E-state index contributed by atoms with van der Waals surface area (Å²) in [5, 5.41) is 2.80. The first-order chi connectivity index (χ1) is 12.0. The zero-order valence-electron chi connectivity index (χ0n) is 13.8. The molecular weight excluding hydrogens is 320 g/mol. The molecule has 1 aromatic heterocycles. The molecule has 0 unspecified atom stereocenters. The predicted molar refractivity (Wildman–Crippen MR) is 93.4 cm³/mol. The van der Waals surface area contributed by atoms with Crippen LogP contribution >= 0.6 is 0 Å². The minimum Gasteiger partial charge on any atom is -0.408 e. The highest BCUT2D eigenvalue weighted by molar-refractivity contribution is 6.00. The van der Waals surface area contributed by atoms with Gasteiger partial charge in [-0.1, -0.05) is 29.8 Å². The highest BCUT2D eigenvalue weighted by atomic mass is 16.4. The van der Waals surface area contributed by atoms with Crippen molar-refractivity contribution in [3.63, 3.8) is 0 Å². The summed E-state index contributed by atoms with van der Waals surface area (Å²) in [5.74, 6) is -0.908. The number of aromatic amines is 1. The summed E-state index contributed by atoms with van der Waals surface area (Å²) in [6, 6.07) is 12.6. The Labute approximate surface area is 143 Å². The minimum atomic E-state index is -0.560. The molecule has 6 heteroatoms. The molecule has 6 nitrogen and oxygen atoms in total. The highest BCUT2D eigenvalue weighted by Gasteiger charge is 2.11. The topological polar surface area (TPSA) is 92.2 Å². The molecule has 0 aliphatic heterocycles. The molecule has 3 rings (SSSR count). The van der Waals surface area contributed by atoms with Crippen LogP contribution in [0.1, 0.15) is 34.3 Å². The van der Waals surface area contributed by atoms with Crippen LogP contribution in [0.4, 0.5) is 0 Å². The lowest BCUT2D eigenvalue weighted by Gasteiger charge is -2.06. The van der Waals surface area contributed by atoms with Crippen molar-refractivity contribution >= 4 is 22.8 Å². The van der Waals surface area contributed by atoms with Crippen molar-refractivity contribution < 1.29 is 14.0 Å². The average Bonchev–Trinajstić information content (AvgIpc) is 2.98. The quantitative estimate of drug-likeness (QED) is 0.676. The highest BCUT2D eigenvalue weighted by Crippen LogP contribution is 2.14. The normalized spacial score (nSPS) is 10.8. The number of amides is 1. The van der Waals surface area contributed by atoms with Crippen LogP contribution in [-0.2, 0) is 11.3 Å². The second kappa shape index (κ2) is 7.17. The summed E-state index contributed by atoms with van der Waals surface area (Å²) in [6.07, 6.45) is 0.208. The Morgan fingerprint density at radius 2 is 1.84 bits per heavy atom. The third-order valence-corrected chi connectivity index (χ3v) is 3.93. The van der Waals surface area contributed by atoms with Gasteiger partial charge in [-0.25, -0.2) is 4.79 Å². The van der Waals surface area contributed by atoms with Gasteiger partial charge in [0.25, 0.3) is 0 Å². The van der Waals surface area contributed by atoms with Gasteiger partial charge in [0.2, 0.25) is 5.91 Å². The summed E-state index contributed by atoms with van der Waals surface area (Å²) < 4.78 is 4.94. The van der Waals surface area contributed by atoms with Gasteiger partial charge in [0.05, 0.1) is 5.52 Å². The van der Waals surface area contributed by atoms with E-state index in [4.69, 9.17) is 4.42 Å².